The molecule has 0 N–H and O–H groups in total. The van der Waals surface area contributed by atoms with Gasteiger partial charge in [-0.2, -0.15) is 0 Å². The van der Waals surface area contributed by atoms with Crippen LogP contribution in [0.2, 0.25) is 5.54 Å². The van der Waals surface area contributed by atoms with Crippen molar-refractivity contribution in [2.24, 2.45) is 0 Å². The molecule has 0 amide bonds. The minimum Gasteiger partial charge on any atom is -0.400 e. The lowest BCUT2D eigenvalue weighted by atomic mass is 10.3. The standard InChI is InChI=1S/C7H17ClO2Si/c1-5-7(8)6(2)11(9-3)10-4/h6-7,11H,5H2,1-4H3. The van der Waals surface area contributed by atoms with Gasteiger partial charge in [-0.05, 0) is 6.42 Å². The van der Waals surface area contributed by atoms with Crippen molar-refractivity contribution in [3.05, 3.63) is 0 Å². The molecule has 2 nitrogen and oxygen atoms in total. The highest BCUT2D eigenvalue weighted by molar-refractivity contribution is 6.48. The maximum Gasteiger partial charge on any atom is 0.325 e. The van der Waals surface area contributed by atoms with E-state index < -0.39 is 9.28 Å². The Balaban J connectivity index is 3.86. The second kappa shape index (κ2) is 6.00. The van der Waals surface area contributed by atoms with Gasteiger partial charge in [0.25, 0.3) is 0 Å². The van der Waals surface area contributed by atoms with Gasteiger partial charge in [0, 0.05) is 25.1 Å². The minimum atomic E-state index is -1.49. The van der Waals surface area contributed by atoms with Crippen molar-refractivity contribution in [3.63, 3.8) is 0 Å². The van der Waals surface area contributed by atoms with Crippen LogP contribution in [0.4, 0.5) is 0 Å². The highest BCUT2D eigenvalue weighted by atomic mass is 35.5. The maximum absolute atomic E-state index is 6.04. The van der Waals surface area contributed by atoms with E-state index in [-0.39, 0.29) is 5.38 Å². The molecule has 11 heavy (non-hydrogen) atoms. The third-order valence-corrected chi connectivity index (χ3v) is 5.06. The van der Waals surface area contributed by atoms with Crippen LogP contribution in [0.5, 0.6) is 0 Å². The van der Waals surface area contributed by atoms with Gasteiger partial charge in [-0.1, -0.05) is 13.8 Å². The Morgan fingerprint density at radius 2 is 1.82 bits per heavy atom. The highest BCUT2D eigenvalue weighted by Gasteiger charge is 2.25. The van der Waals surface area contributed by atoms with E-state index in [0.717, 1.165) is 6.42 Å². The molecular formula is C7H17ClO2Si. The quantitative estimate of drug-likeness (QED) is 0.494. The van der Waals surface area contributed by atoms with Crippen LogP contribution in [0.1, 0.15) is 20.3 Å². The maximum atomic E-state index is 6.04. The van der Waals surface area contributed by atoms with Gasteiger partial charge in [-0.25, -0.2) is 0 Å². The zero-order valence-corrected chi connectivity index (χ0v) is 9.54. The molecular weight excluding hydrogens is 180 g/mol. The van der Waals surface area contributed by atoms with Crippen LogP contribution < -0.4 is 0 Å². The van der Waals surface area contributed by atoms with Crippen molar-refractivity contribution in [1.29, 1.82) is 0 Å². The number of alkyl halides is 1. The first-order valence-electron chi connectivity index (χ1n) is 3.87. The molecule has 0 radical (unpaired) electrons. The van der Waals surface area contributed by atoms with Crippen molar-refractivity contribution >= 4 is 20.9 Å². The molecule has 0 fully saturated rings. The fourth-order valence-corrected chi connectivity index (χ4v) is 3.09. The Labute approximate surface area is 75.7 Å². The van der Waals surface area contributed by atoms with Gasteiger partial charge < -0.3 is 8.85 Å². The number of hydrogen-bond donors (Lipinski definition) is 0. The molecule has 0 saturated heterocycles. The van der Waals surface area contributed by atoms with Crippen LogP contribution in [-0.4, -0.2) is 28.9 Å². The molecule has 0 aromatic carbocycles. The van der Waals surface area contributed by atoms with Crippen molar-refractivity contribution in [2.75, 3.05) is 14.2 Å². The van der Waals surface area contributed by atoms with Crippen molar-refractivity contribution in [2.45, 2.75) is 31.2 Å². The smallest absolute Gasteiger partial charge is 0.325 e. The SMILES string of the molecule is CCC(Cl)C(C)[SiH](OC)OC. The molecule has 0 bridgehead atoms. The molecule has 0 aromatic heterocycles. The lowest BCUT2D eigenvalue weighted by Gasteiger charge is -2.21. The van der Waals surface area contributed by atoms with E-state index in [0.29, 0.717) is 5.54 Å². The molecule has 0 rings (SSSR count). The number of rotatable bonds is 5. The zero-order valence-electron chi connectivity index (χ0n) is 7.63. The first-order valence-corrected chi connectivity index (χ1v) is 5.91. The van der Waals surface area contributed by atoms with E-state index in [9.17, 15) is 0 Å². The van der Waals surface area contributed by atoms with Crippen LogP contribution in [0, 0.1) is 0 Å². The summed E-state index contributed by atoms with van der Waals surface area (Å²) in [6, 6.07) is 0. The lowest BCUT2D eigenvalue weighted by molar-refractivity contribution is 0.265. The van der Waals surface area contributed by atoms with E-state index in [1.54, 1.807) is 14.2 Å². The molecule has 0 aromatic rings. The third-order valence-electron chi connectivity index (χ3n) is 1.85. The Morgan fingerprint density at radius 3 is 2.09 bits per heavy atom. The Kier molecular flexibility index (Phi) is 6.23. The molecule has 2 atom stereocenters. The summed E-state index contributed by atoms with van der Waals surface area (Å²) in [5, 5.41) is 0.187. The predicted octanol–water partition coefficient (Wildman–Crippen LogP) is 1.91. The zero-order chi connectivity index (χ0) is 8.85. The van der Waals surface area contributed by atoms with Crippen molar-refractivity contribution in [1.82, 2.24) is 0 Å². The molecule has 0 aliphatic carbocycles. The molecule has 0 aliphatic heterocycles. The monoisotopic (exact) mass is 196 g/mol. The number of halogens is 1. The Hall–Kier alpha value is 0.427. The van der Waals surface area contributed by atoms with Gasteiger partial charge in [0.2, 0.25) is 0 Å². The fourth-order valence-electron chi connectivity index (χ4n) is 1.07. The second-order valence-corrected chi connectivity index (χ2v) is 5.91. The van der Waals surface area contributed by atoms with Crippen LogP contribution in [0.15, 0.2) is 0 Å². The van der Waals surface area contributed by atoms with Crippen LogP contribution in [0.25, 0.3) is 0 Å². The Morgan fingerprint density at radius 1 is 1.36 bits per heavy atom. The predicted molar refractivity (Wildman–Crippen MR) is 50.5 cm³/mol. The summed E-state index contributed by atoms with van der Waals surface area (Å²) in [6.07, 6.45) is 0.971. The minimum absolute atomic E-state index is 0.187. The molecule has 0 saturated carbocycles. The Bertz CT molecular complexity index is 98.4. The van der Waals surface area contributed by atoms with Gasteiger partial charge in [0.05, 0.1) is 0 Å². The van der Waals surface area contributed by atoms with E-state index in [4.69, 9.17) is 20.5 Å². The summed E-state index contributed by atoms with van der Waals surface area (Å²) >= 11 is 6.04. The summed E-state index contributed by atoms with van der Waals surface area (Å²) in [5.41, 5.74) is 0.372. The van der Waals surface area contributed by atoms with E-state index in [1.807, 2.05) is 0 Å². The van der Waals surface area contributed by atoms with E-state index >= 15 is 0 Å². The van der Waals surface area contributed by atoms with Gasteiger partial charge >= 0.3 is 9.28 Å². The molecule has 4 heteroatoms. The first kappa shape index (κ1) is 11.4. The average Bonchev–Trinajstić information content (AvgIpc) is 2.05. The molecule has 2 unspecified atom stereocenters. The van der Waals surface area contributed by atoms with Gasteiger partial charge in [-0.15, -0.1) is 11.6 Å². The van der Waals surface area contributed by atoms with Crippen LogP contribution >= 0.6 is 11.6 Å². The van der Waals surface area contributed by atoms with E-state index in [2.05, 4.69) is 13.8 Å². The summed E-state index contributed by atoms with van der Waals surface area (Å²) in [7, 11) is 1.89. The normalized spacial score (nSPS) is 16.9. The lowest BCUT2D eigenvalue weighted by Crippen LogP contribution is -2.29. The first-order chi connectivity index (χ1) is 5.17. The average molecular weight is 197 g/mol. The van der Waals surface area contributed by atoms with Crippen LogP contribution in [-0.2, 0) is 8.85 Å². The summed E-state index contributed by atoms with van der Waals surface area (Å²) in [4.78, 5) is 0. The second-order valence-electron chi connectivity index (χ2n) is 2.62. The molecule has 0 spiro atoms. The van der Waals surface area contributed by atoms with Crippen molar-refractivity contribution < 1.29 is 8.85 Å². The van der Waals surface area contributed by atoms with E-state index in [1.165, 1.54) is 0 Å². The van der Waals surface area contributed by atoms with Crippen molar-refractivity contribution in [3.8, 4) is 0 Å². The largest absolute Gasteiger partial charge is 0.400 e. The summed E-state index contributed by atoms with van der Waals surface area (Å²) in [5.74, 6) is 0. The number of hydrogen-bond acceptors (Lipinski definition) is 2. The highest BCUT2D eigenvalue weighted by Crippen LogP contribution is 2.23. The van der Waals surface area contributed by atoms with Gasteiger partial charge in [-0.3, -0.25) is 0 Å². The molecule has 0 aliphatic rings. The summed E-state index contributed by atoms with van der Waals surface area (Å²) in [6.45, 7) is 4.16. The van der Waals surface area contributed by atoms with Crippen LogP contribution in [0.3, 0.4) is 0 Å². The fraction of sp³-hybridized carbons (Fsp3) is 1.00. The molecule has 0 heterocycles. The third kappa shape index (κ3) is 3.56. The van der Waals surface area contributed by atoms with Gasteiger partial charge in [0.15, 0.2) is 0 Å². The topological polar surface area (TPSA) is 18.5 Å². The molecule has 68 valence electrons. The van der Waals surface area contributed by atoms with Gasteiger partial charge in [0.1, 0.15) is 0 Å². The summed E-state index contributed by atoms with van der Waals surface area (Å²) < 4.78 is 10.4.